The summed E-state index contributed by atoms with van der Waals surface area (Å²) in [6.07, 6.45) is -0.671. The Labute approximate surface area is 199 Å². The van der Waals surface area contributed by atoms with Crippen LogP contribution < -0.4 is 15.0 Å². The molecule has 0 spiro atoms. The molecule has 0 amide bonds. The molecule has 3 aliphatic rings. The predicted molar refractivity (Wildman–Crippen MR) is 119 cm³/mol. The molecule has 186 valence electrons. The quantitative estimate of drug-likeness (QED) is 0.572. The van der Waals surface area contributed by atoms with Gasteiger partial charge in [-0.2, -0.15) is 9.97 Å². The maximum absolute atomic E-state index is 12.5. The van der Waals surface area contributed by atoms with Gasteiger partial charge in [0.1, 0.15) is 11.6 Å². The molecule has 2 aliphatic heterocycles. The van der Waals surface area contributed by atoms with E-state index in [1.807, 2.05) is 11.6 Å². The Morgan fingerprint density at radius 1 is 1.06 bits per heavy atom. The summed E-state index contributed by atoms with van der Waals surface area (Å²) in [4.78, 5) is 11.4. The number of rotatable bonds is 5. The van der Waals surface area contributed by atoms with E-state index < -0.39 is 6.36 Å². The zero-order valence-corrected chi connectivity index (χ0v) is 19.2. The van der Waals surface area contributed by atoms with E-state index in [2.05, 4.69) is 25.1 Å². The third-order valence-electron chi connectivity index (χ3n) is 7.31. The number of halogens is 3. The summed E-state index contributed by atoms with van der Waals surface area (Å²) >= 11 is 0. The van der Waals surface area contributed by atoms with Crippen molar-refractivity contribution >= 4 is 12.0 Å². The lowest BCUT2D eigenvalue weighted by molar-refractivity contribution is -0.274. The Kier molecular flexibility index (Phi) is 5.33. The number of nitrogens with zero attached hydrogens (tertiary/aromatic N) is 6. The molecule has 1 aromatic carbocycles. The molecule has 12 heteroatoms. The van der Waals surface area contributed by atoms with Gasteiger partial charge in [0.05, 0.1) is 0 Å². The zero-order chi connectivity index (χ0) is 24.2. The van der Waals surface area contributed by atoms with Crippen LogP contribution in [0.5, 0.6) is 5.75 Å². The summed E-state index contributed by atoms with van der Waals surface area (Å²) in [6.45, 7) is 4.29. The molecule has 4 heterocycles. The molecule has 0 radical (unpaired) electrons. The Morgan fingerprint density at radius 2 is 1.80 bits per heavy atom. The van der Waals surface area contributed by atoms with E-state index in [0.29, 0.717) is 29.6 Å². The van der Waals surface area contributed by atoms with Crippen LogP contribution in [-0.4, -0.2) is 50.4 Å². The van der Waals surface area contributed by atoms with E-state index in [9.17, 15) is 13.2 Å². The van der Waals surface area contributed by atoms with E-state index in [1.54, 1.807) is 12.1 Å². The minimum absolute atomic E-state index is 0.0222. The SMILES string of the molecule is Cc1noc(N2CC3CC[C@@H](C2)[C@@H]3Nc2nc3n(n2)CCCC3c2ccc(OC(F)(F)F)cc2)n1. The molecule has 2 fully saturated rings. The molecule has 2 bridgehead atoms. The van der Waals surface area contributed by atoms with Gasteiger partial charge in [0.15, 0.2) is 5.82 Å². The number of ether oxygens (including phenoxy) is 1. The van der Waals surface area contributed by atoms with Crippen molar-refractivity contribution < 1.29 is 22.4 Å². The van der Waals surface area contributed by atoms with Gasteiger partial charge in [0.25, 0.3) is 0 Å². The van der Waals surface area contributed by atoms with Crippen LogP contribution >= 0.6 is 0 Å². The first-order chi connectivity index (χ1) is 16.8. The summed E-state index contributed by atoms with van der Waals surface area (Å²) in [5.41, 5.74) is 0.905. The van der Waals surface area contributed by atoms with Crippen LogP contribution in [0.2, 0.25) is 0 Å². The Hall–Kier alpha value is -3.31. The molecule has 3 aromatic rings. The summed E-state index contributed by atoms with van der Waals surface area (Å²) in [5, 5.41) is 12.2. The first-order valence-electron chi connectivity index (χ1n) is 11.9. The van der Waals surface area contributed by atoms with Crippen LogP contribution in [-0.2, 0) is 6.54 Å². The van der Waals surface area contributed by atoms with Crippen LogP contribution in [0.4, 0.5) is 25.1 Å². The first kappa shape index (κ1) is 22.2. The maximum Gasteiger partial charge on any atom is 0.573 e. The second kappa shape index (κ2) is 8.42. The fraction of sp³-hybridized carbons (Fsp3) is 0.565. The maximum atomic E-state index is 12.5. The highest BCUT2D eigenvalue weighted by Gasteiger charge is 2.44. The highest BCUT2D eigenvalue weighted by atomic mass is 19.4. The van der Waals surface area contributed by atoms with Crippen LogP contribution in [0, 0.1) is 18.8 Å². The topological polar surface area (TPSA) is 94.1 Å². The molecule has 9 nitrogen and oxygen atoms in total. The minimum Gasteiger partial charge on any atom is -0.406 e. The molecule has 2 unspecified atom stereocenters. The average molecular weight is 490 g/mol. The zero-order valence-electron chi connectivity index (χ0n) is 19.2. The van der Waals surface area contributed by atoms with E-state index in [1.165, 1.54) is 12.1 Å². The number of fused-ring (bicyclic) bond motifs is 3. The third kappa shape index (κ3) is 4.41. The van der Waals surface area contributed by atoms with Crippen molar-refractivity contribution in [3.05, 3.63) is 41.5 Å². The highest BCUT2D eigenvalue weighted by molar-refractivity contribution is 5.37. The number of aryl methyl sites for hydroxylation is 2. The standard InChI is InChI=1S/C23H26F3N7O2/c1-13-27-22(35-31-13)32-11-15-4-5-16(12-32)19(15)28-21-29-20-18(3-2-10-33(20)30-21)14-6-8-17(9-7-14)34-23(24,25)26/h6-9,15-16,18-19H,2-5,10-12H2,1H3,(H,28,30)/t15-,16?,18?,19-/m0/s1. The third-order valence-corrected chi connectivity index (χ3v) is 7.31. The van der Waals surface area contributed by atoms with E-state index in [0.717, 1.165) is 56.7 Å². The van der Waals surface area contributed by atoms with Crippen molar-refractivity contribution in [2.24, 2.45) is 11.8 Å². The molecule has 1 aliphatic carbocycles. The molecule has 1 saturated carbocycles. The van der Waals surface area contributed by atoms with Gasteiger partial charge in [0, 0.05) is 31.6 Å². The number of piperidine rings is 1. The lowest BCUT2D eigenvalue weighted by Crippen LogP contribution is -2.48. The summed E-state index contributed by atoms with van der Waals surface area (Å²) < 4.78 is 48.8. The van der Waals surface area contributed by atoms with E-state index >= 15 is 0 Å². The molecule has 2 aromatic heterocycles. The van der Waals surface area contributed by atoms with Crippen molar-refractivity contribution in [1.29, 1.82) is 0 Å². The van der Waals surface area contributed by atoms with Crippen molar-refractivity contribution in [3.8, 4) is 5.75 Å². The molecular weight excluding hydrogens is 463 g/mol. The summed E-state index contributed by atoms with van der Waals surface area (Å²) in [6, 6.07) is 6.93. The fourth-order valence-corrected chi connectivity index (χ4v) is 5.81. The lowest BCUT2D eigenvalue weighted by atomic mass is 9.91. The van der Waals surface area contributed by atoms with Crippen molar-refractivity contribution in [2.45, 2.75) is 57.5 Å². The first-order valence-corrected chi connectivity index (χ1v) is 11.9. The molecule has 1 saturated heterocycles. The highest BCUT2D eigenvalue weighted by Crippen LogP contribution is 2.40. The minimum atomic E-state index is -4.70. The van der Waals surface area contributed by atoms with Crippen molar-refractivity contribution in [1.82, 2.24) is 24.9 Å². The molecule has 35 heavy (non-hydrogen) atoms. The van der Waals surface area contributed by atoms with Crippen LogP contribution in [0.25, 0.3) is 0 Å². The van der Waals surface area contributed by atoms with Gasteiger partial charge in [-0.15, -0.1) is 18.3 Å². The van der Waals surface area contributed by atoms with Gasteiger partial charge < -0.3 is 19.5 Å². The monoisotopic (exact) mass is 489 g/mol. The summed E-state index contributed by atoms with van der Waals surface area (Å²) in [7, 11) is 0. The number of benzene rings is 1. The Balaban J connectivity index is 1.17. The smallest absolute Gasteiger partial charge is 0.406 e. The fourth-order valence-electron chi connectivity index (χ4n) is 5.81. The van der Waals surface area contributed by atoms with Gasteiger partial charge >= 0.3 is 12.4 Å². The number of anilines is 2. The van der Waals surface area contributed by atoms with E-state index in [-0.39, 0.29) is 17.7 Å². The largest absolute Gasteiger partial charge is 0.573 e. The van der Waals surface area contributed by atoms with Gasteiger partial charge in [-0.3, -0.25) is 0 Å². The molecule has 4 atom stereocenters. The van der Waals surface area contributed by atoms with Gasteiger partial charge in [-0.05, 0) is 62.1 Å². The van der Waals surface area contributed by atoms with Crippen LogP contribution in [0.15, 0.2) is 28.8 Å². The van der Waals surface area contributed by atoms with Crippen molar-refractivity contribution in [3.63, 3.8) is 0 Å². The number of alkyl halides is 3. The van der Waals surface area contributed by atoms with Gasteiger partial charge in [-0.1, -0.05) is 17.3 Å². The van der Waals surface area contributed by atoms with Crippen LogP contribution in [0.1, 0.15) is 48.8 Å². The lowest BCUT2D eigenvalue weighted by Gasteiger charge is -2.37. The number of nitrogens with one attached hydrogen (secondary N) is 1. The van der Waals surface area contributed by atoms with Crippen molar-refractivity contribution in [2.75, 3.05) is 23.3 Å². The molecule has 1 N–H and O–H groups in total. The number of hydrogen-bond acceptors (Lipinski definition) is 8. The Morgan fingerprint density at radius 3 is 2.46 bits per heavy atom. The Bertz CT molecular complexity index is 1180. The van der Waals surface area contributed by atoms with Gasteiger partial charge in [0.2, 0.25) is 5.95 Å². The van der Waals surface area contributed by atoms with Crippen LogP contribution in [0.3, 0.4) is 0 Å². The normalized spacial score (nSPS) is 26.0. The molecule has 6 rings (SSSR count). The second-order valence-corrected chi connectivity index (χ2v) is 9.63. The second-order valence-electron chi connectivity index (χ2n) is 9.63. The summed E-state index contributed by atoms with van der Waals surface area (Å²) in [5.74, 6) is 2.71. The van der Waals surface area contributed by atoms with E-state index in [4.69, 9.17) is 14.6 Å². The number of aromatic nitrogens is 5. The average Bonchev–Trinajstić information content (AvgIpc) is 3.48. The number of hydrogen-bond donors (Lipinski definition) is 1. The predicted octanol–water partition coefficient (Wildman–Crippen LogP) is 4.12. The molecular formula is C23H26F3N7O2. The van der Waals surface area contributed by atoms with Gasteiger partial charge in [-0.25, -0.2) is 4.68 Å².